The highest BCUT2D eigenvalue weighted by Crippen LogP contribution is 2.42. The highest BCUT2D eigenvalue weighted by molar-refractivity contribution is 6.30. The lowest BCUT2D eigenvalue weighted by atomic mass is 9.87. The number of nitrogens with zero attached hydrogens (tertiary/aromatic N) is 1. The fourth-order valence-electron chi connectivity index (χ4n) is 4.00. The van der Waals surface area contributed by atoms with Crippen molar-refractivity contribution in [3.8, 4) is 11.5 Å². The lowest BCUT2D eigenvalue weighted by molar-refractivity contribution is 0.0693. The lowest BCUT2D eigenvalue weighted by Crippen LogP contribution is -2.40. The van der Waals surface area contributed by atoms with Gasteiger partial charge in [0.25, 0.3) is 5.91 Å². The second-order valence-electron chi connectivity index (χ2n) is 7.24. The maximum atomic E-state index is 13.8. The van der Waals surface area contributed by atoms with E-state index >= 15 is 0 Å². The number of rotatable bonds is 4. The molecule has 0 saturated carbocycles. The predicted molar refractivity (Wildman–Crippen MR) is 114 cm³/mol. The summed E-state index contributed by atoms with van der Waals surface area (Å²) in [4.78, 5) is 15.0. The Labute approximate surface area is 184 Å². The summed E-state index contributed by atoms with van der Waals surface area (Å²) in [5.41, 5.74) is 2.76. The van der Waals surface area contributed by atoms with Gasteiger partial charge in [-0.25, -0.2) is 8.78 Å². The zero-order valence-corrected chi connectivity index (χ0v) is 17.7. The quantitative estimate of drug-likeness (QED) is 0.540. The molecule has 1 heterocycles. The van der Waals surface area contributed by atoms with Crippen LogP contribution in [0.5, 0.6) is 11.5 Å². The third-order valence-electron chi connectivity index (χ3n) is 5.47. The summed E-state index contributed by atoms with van der Waals surface area (Å²) in [5, 5.41) is 0.533. The van der Waals surface area contributed by atoms with Gasteiger partial charge in [0.15, 0.2) is 23.1 Å². The smallest absolute Gasteiger partial charge is 0.254 e. The summed E-state index contributed by atoms with van der Waals surface area (Å²) < 4.78 is 38.1. The molecule has 4 rings (SSSR count). The van der Waals surface area contributed by atoms with Gasteiger partial charge in [-0.3, -0.25) is 4.79 Å². The number of carbonyl (C=O) groups is 1. The topological polar surface area (TPSA) is 38.8 Å². The molecule has 1 atom stereocenters. The zero-order chi connectivity index (χ0) is 22.1. The maximum absolute atomic E-state index is 13.8. The molecule has 31 heavy (non-hydrogen) atoms. The number of methoxy groups -OCH3 is 2. The van der Waals surface area contributed by atoms with E-state index in [2.05, 4.69) is 0 Å². The Morgan fingerprint density at radius 2 is 1.74 bits per heavy atom. The first-order valence-electron chi connectivity index (χ1n) is 9.69. The van der Waals surface area contributed by atoms with Crippen molar-refractivity contribution in [3.63, 3.8) is 0 Å². The normalized spacial score (nSPS) is 15.4. The molecule has 3 aromatic rings. The molecular weight excluding hydrogens is 424 g/mol. The van der Waals surface area contributed by atoms with Crippen molar-refractivity contribution in [2.24, 2.45) is 0 Å². The molecule has 0 fully saturated rings. The van der Waals surface area contributed by atoms with Gasteiger partial charge >= 0.3 is 0 Å². The van der Waals surface area contributed by atoms with Gasteiger partial charge in [-0.2, -0.15) is 0 Å². The number of amides is 1. The third kappa shape index (κ3) is 3.95. The Morgan fingerprint density at radius 1 is 1.00 bits per heavy atom. The van der Waals surface area contributed by atoms with E-state index in [0.29, 0.717) is 29.5 Å². The van der Waals surface area contributed by atoms with Crippen molar-refractivity contribution in [1.82, 2.24) is 4.90 Å². The van der Waals surface area contributed by atoms with E-state index in [0.717, 1.165) is 28.8 Å². The molecule has 0 radical (unpaired) electrons. The molecule has 160 valence electrons. The number of fused-ring (bicyclic) bond motifs is 1. The van der Waals surface area contributed by atoms with E-state index < -0.39 is 23.6 Å². The van der Waals surface area contributed by atoms with Crippen molar-refractivity contribution in [2.45, 2.75) is 12.5 Å². The minimum atomic E-state index is -1.06. The number of carbonyl (C=O) groups excluding carboxylic acids is 1. The molecule has 1 aliphatic rings. The van der Waals surface area contributed by atoms with Crippen LogP contribution in [0.15, 0.2) is 54.6 Å². The molecular formula is C24H20ClF2NO3. The van der Waals surface area contributed by atoms with Crippen molar-refractivity contribution < 1.29 is 23.0 Å². The monoisotopic (exact) mass is 443 g/mol. The molecule has 7 heteroatoms. The van der Waals surface area contributed by atoms with Crippen LogP contribution >= 0.6 is 11.6 Å². The van der Waals surface area contributed by atoms with Crippen molar-refractivity contribution >= 4 is 17.5 Å². The van der Waals surface area contributed by atoms with E-state index in [4.69, 9.17) is 21.1 Å². The van der Waals surface area contributed by atoms with Crippen LogP contribution in [0.2, 0.25) is 5.02 Å². The first-order chi connectivity index (χ1) is 14.9. The SMILES string of the molecule is COc1cc2c(cc1OC)C(c1cccc(Cl)c1)N(C(=O)c1ccc(F)c(F)c1)CC2. The average molecular weight is 444 g/mol. The summed E-state index contributed by atoms with van der Waals surface area (Å²) in [5.74, 6) is -1.32. The van der Waals surface area contributed by atoms with E-state index in [1.165, 1.54) is 6.07 Å². The summed E-state index contributed by atoms with van der Waals surface area (Å²) in [6.45, 7) is 0.386. The average Bonchev–Trinajstić information content (AvgIpc) is 2.78. The molecule has 3 aromatic carbocycles. The van der Waals surface area contributed by atoms with Crippen molar-refractivity contribution in [2.75, 3.05) is 20.8 Å². The third-order valence-corrected chi connectivity index (χ3v) is 5.70. The van der Waals surface area contributed by atoms with Crippen LogP contribution in [0.4, 0.5) is 8.78 Å². The van der Waals surface area contributed by atoms with Crippen LogP contribution in [-0.2, 0) is 6.42 Å². The minimum absolute atomic E-state index is 0.0786. The van der Waals surface area contributed by atoms with Gasteiger partial charge in [-0.1, -0.05) is 23.7 Å². The van der Waals surface area contributed by atoms with Gasteiger partial charge in [0, 0.05) is 17.1 Å². The van der Waals surface area contributed by atoms with E-state index in [-0.39, 0.29) is 5.56 Å². The van der Waals surface area contributed by atoms with Gasteiger partial charge < -0.3 is 14.4 Å². The molecule has 0 N–H and O–H groups in total. The Kier molecular flexibility index (Phi) is 5.83. The Bertz CT molecular complexity index is 1150. The molecule has 0 aromatic heterocycles. The Morgan fingerprint density at radius 3 is 2.42 bits per heavy atom. The lowest BCUT2D eigenvalue weighted by Gasteiger charge is -2.38. The van der Waals surface area contributed by atoms with Crippen molar-refractivity contribution in [1.29, 1.82) is 0 Å². The first kappa shape index (κ1) is 21.1. The summed E-state index contributed by atoms with van der Waals surface area (Å²) >= 11 is 6.24. The van der Waals surface area contributed by atoms with Gasteiger partial charge in [-0.05, 0) is 65.6 Å². The van der Waals surface area contributed by atoms with E-state index in [9.17, 15) is 13.6 Å². The number of hydrogen-bond donors (Lipinski definition) is 0. The van der Waals surface area contributed by atoms with Crippen LogP contribution in [0.1, 0.15) is 33.1 Å². The number of halogens is 3. The fraction of sp³-hybridized carbons (Fsp3) is 0.208. The summed E-state index contributed by atoms with van der Waals surface area (Å²) in [7, 11) is 3.12. The first-order valence-corrected chi connectivity index (χ1v) is 10.1. The number of benzene rings is 3. The van der Waals surface area contributed by atoms with Crippen LogP contribution < -0.4 is 9.47 Å². The zero-order valence-electron chi connectivity index (χ0n) is 17.0. The molecule has 0 spiro atoms. The van der Waals surface area contributed by atoms with Gasteiger partial charge in [0.1, 0.15) is 0 Å². The predicted octanol–water partition coefficient (Wildman–Crippen LogP) is 5.42. The standard InChI is InChI=1S/C24H20ClF2NO3/c1-30-21-12-14-8-9-28(24(29)16-6-7-19(26)20(27)11-16)23(18(14)13-22(21)31-2)15-4-3-5-17(25)10-15/h3-7,10-13,23H,8-9H2,1-2H3. The highest BCUT2D eigenvalue weighted by atomic mass is 35.5. The van der Waals surface area contributed by atoms with Gasteiger partial charge in [0.05, 0.1) is 20.3 Å². The highest BCUT2D eigenvalue weighted by Gasteiger charge is 2.34. The number of hydrogen-bond acceptors (Lipinski definition) is 3. The largest absolute Gasteiger partial charge is 0.493 e. The van der Waals surface area contributed by atoms with Crippen LogP contribution in [-0.4, -0.2) is 31.6 Å². The second kappa shape index (κ2) is 8.55. The fourth-order valence-corrected chi connectivity index (χ4v) is 4.19. The van der Waals surface area contributed by atoms with Gasteiger partial charge in [0.2, 0.25) is 0 Å². The molecule has 0 bridgehead atoms. The number of ether oxygens (including phenoxy) is 2. The summed E-state index contributed by atoms with van der Waals surface area (Å²) in [6.07, 6.45) is 0.572. The molecule has 1 amide bonds. The molecule has 1 aliphatic heterocycles. The maximum Gasteiger partial charge on any atom is 0.254 e. The molecule has 1 unspecified atom stereocenters. The Balaban J connectivity index is 1.86. The van der Waals surface area contributed by atoms with Crippen LogP contribution in [0.25, 0.3) is 0 Å². The molecule has 0 saturated heterocycles. The van der Waals surface area contributed by atoms with Gasteiger partial charge in [-0.15, -0.1) is 0 Å². The van der Waals surface area contributed by atoms with E-state index in [1.807, 2.05) is 24.3 Å². The van der Waals surface area contributed by atoms with Crippen LogP contribution in [0.3, 0.4) is 0 Å². The Hall–Kier alpha value is -3.12. The molecule has 0 aliphatic carbocycles. The van der Waals surface area contributed by atoms with E-state index in [1.54, 1.807) is 31.3 Å². The van der Waals surface area contributed by atoms with Crippen LogP contribution in [0, 0.1) is 11.6 Å². The summed E-state index contributed by atoms with van der Waals surface area (Å²) in [6, 6.07) is 13.7. The second-order valence-corrected chi connectivity index (χ2v) is 7.68. The van der Waals surface area contributed by atoms with Crippen molar-refractivity contribution in [3.05, 3.63) is 93.5 Å². The minimum Gasteiger partial charge on any atom is -0.493 e. The molecule has 4 nitrogen and oxygen atoms in total.